The van der Waals surface area contributed by atoms with Gasteiger partial charge in [-0.1, -0.05) is 30.7 Å². The van der Waals surface area contributed by atoms with Crippen LogP contribution in [0, 0.1) is 5.92 Å². The normalized spacial score (nSPS) is 21.8. The smallest absolute Gasteiger partial charge is 0.251 e. The molecule has 2 nitrogen and oxygen atoms in total. The SMILES string of the molecule is CC(C)=CC(=O)N(c1ccccc1)C1CC1C. The fourth-order valence-corrected chi connectivity index (χ4v) is 2.05. The second-order valence-electron chi connectivity index (χ2n) is 5.05. The van der Waals surface area contributed by atoms with Gasteiger partial charge in [0.05, 0.1) is 0 Å². The van der Waals surface area contributed by atoms with Crippen molar-refractivity contribution in [2.75, 3.05) is 4.90 Å². The predicted octanol–water partition coefficient (Wildman–Crippen LogP) is 3.39. The molecule has 1 aromatic carbocycles. The summed E-state index contributed by atoms with van der Waals surface area (Å²) in [5.74, 6) is 0.718. The van der Waals surface area contributed by atoms with Crippen molar-refractivity contribution in [2.45, 2.75) is 33.2 Å². The van der Waals surface area contributed by atoms with Gasteiger partial charge in [0.2, 0.25) is 0 Å². The molecule has 0 aromatic heterocycles. The summed E-state index contributed by atoms with van der Waals surface area (Å²) in [6.07, 6.45) is 2.83. The lowest BCUT2D eigenvalue weighted by molar-refractivity contribution is -0.114. The molecule has 2 heteroatoms. The number of para-hydroxylation sites is 1. The number of nitrogens with zero attached hydrogens (tertiary/aromatic N) is 1. The molecule has 1 aliphatic carbocycles. The summed E-state index contributed by atoms with van der Waals surface area (Å²) in [6.45, 7) is 6.10. The number of anilines is 1. The summed E-state index contributed by atoms with van der Waals surface area (Å²) in [5.41, 5.74) is 2.05. The number of hydrogen-bond acceptors (Lipinski definition) is 1. The van der Waals surface area contributed by atoms with Crippen molar-refractivity contribution in [1.29, 1.82) is 0 Å². The molecule has 90 valence electrons. The number of benzene rings is 1. The Morgan fingerprint density at radius 1 is 1.29 bits per heavy atom. The maximum Gasteiger partial charge on any atom is 0.251 e. The van der Waals surface area contributed by atoms with Crippen LogP contribution in [-0.4, -0.2) is 11.9 Å². The minimum Gasteiger partial charge on any atom is -0.306 e. The van der Waals surface area contributed by atoms with Crippen molar-refractivity contribution >= 4 is 11.6 Å². The van der Waals surface area contributed by atoms with E-state index in [9.17, 15) is 4.79 Å². The molecule has 0 aliphatic heterocycles. The van der Waals surface area contributed by atoms with E-state index in [-0.39, 0.29) is 5.91 Å². The summed E-state index contributed by atoms with van der Waals surface area (Å²) < 4.78 is 0. The topological polar surface area (TPSA) is 20.3 Å². The van der Waals surface area contributed by atoms with Crippen LogP contribution in [0.25, 0.3) is 0 Å². The minimum atomic E-state index is 0.102. The zero-order valence-corrected chi connectivity index (χ0v) is 10.7. The van der Waals surface area contributed by atoms with Gasteiger partial charge in [-0.05, 0) is 38.3 Å². The summed E-state index contributed by atoms with van der Waals surface area (Å²) in [4.78, 5) is 14.2. The Bertz CT molecular complexity index is 431. The third-order valence-electron chi connectivity index (χ3n) is 3.08. The van der Waals surface area contributed by atoms with Gasteiger partial charge in [-0.15, -0.1) is 0 Å². The van der Waals surface area contributed by atoms with E-state index in [0.717, 1.165) is 17.7 Å². The Balaban J connectivity index is 2.27. The molecule has 0 spiro atoms. The number of allylic oxidation sites excluding steroid dienone is 1. The highest BCUT2D eigenvalue weighted by atomic mass is 16.2. The van der Waals surface area contributed by atoms with Gasteiger partial charge in [0, 0.05) is 17.8 Å². The third kappa shape index (κ3) is 2.76. The van der Waals surface area contributed by atoms with E-state index in [1.54, 1.807) is 6.08 Å². The van der Waals surface area contributed by atoms with E-state index in [2.05, 4.69) is 6.92 Å². The molecular formula is C15H19NO. The Kier molecular flexibility index (Phi) is 3.32. The van der Waals surface area contributed by atoms with Gasteiger partial charge in [-0.25, -0.2) is 0 Å². The van der Waals surface area contributed by atoms with E-state index >= 15 is 0 Å². The van der Waals surface area contributed by atoms with Gasteiger partial charge in [-0.2, -0.15) is 0 Å². The summed E-state index contributed by atoms with van der Waals surface area (Å²) in [5, 5.41) is 0. The first kappa shape index (κ1) is 11.9. The Labute approximate surface area is 103 Å². The van der Waals surface area contributed by atoms with Crippen LogP contribution >= 0.6 is 0 Å². The van der Waals surface area contributed by atoms with Crippen LogP contribution < -0.4 is 4.90 Å². The van der Waals surface area contributed by atoms with Crippen molar-refractivity contribution in [3.8, 4) is 0 Å². The van der Waals surface area contributed by atoms with Crippen LogP contribution in [0.15, 0.2) is 42.0 Å². The molecule has 1 saturated carbocycles. The first-order chi connectivity index (χ1) is 8.09. The van der Waals surface area contributed by atoms with Gasteiger partial charge in [-0.3, -0.25) is 4.79 Å². The van der Waals surface area contributed by atoms with Crippen LogP contribution in [-0.2, 0) is 4.79 Å². The molecule has 2 atom stereocenters. The molecule has 1 aromatic rings. The van der Waals surface area contributed by atoms with E-state index in [4.69, 9.17) is 0 Å². The minimum absolute atomic E-state index is 0.102. The molecule has 0 heterocycles. The molecule has 1 fully saturated rings. The molecule has 1 aliphatic rings. The fraction of sp³-hybridized carbons (Fsp3) is 0.400. The lowest BCUT2D eigenvalue weighted by atomic mass is 10.2. The van der Waals surface area contributed by atoms with Crippen molar-refractivity contribution in [2.24, 2.45) is 5.92 Å². The average molecular weight is 229 g/mol. The molecule has 2 rings (SSSR count). The standard InChI is InChI=1S/C15H19NO/c1-11(2)9-15(17)16(14-10-12(14)3)13-7-5-4-6-8-13/h4-9,12,14H,10H2,1-3H3. The van der Waals surface area contributed by atoms with E-state index in [0.29, 0.717) is 12.0 Å². The molecule has 2 unspecified atom stereocenters. The second kappa shape index (κ2) is 4.74. The molecule has 1 amide bonds. The highest BCUT2D eigenvalue weighted by Crippen LogP contribution is 2.38. The maximum absolute atomic E-state index is 12.2. The van der Waals surface area contributed by atoms with Gasteiger partial charge in [0.1, 0.15) is 0 Å². The molecule has 0 radical (unpaired) electrons. The zero-order valence-electron chi connectivity index (χ0n) is 10.7. The van der Waals surface area contributed by atoms with E-state index < -0.39 is 0 Å². The third-order valence-corrected chi connectivity index (χ3v) is 3.08. The van der Waals surface area contributed by atoms with Crippen molar-refractivity contribution in [1.82, 2.24) is 0 Å². The largest absolute Gasteiger partial charge is 0.306 e. The molecular weight excluding hydrogens is 210 g/mol. The Hall–Kier alpha value is -1.57. The molecule has 0 bridgehead atoms. The Morgan fingerprint density at radius 3 is 2.35 bits per heavy atom. The summed E-state index contributed by atoms with van der Waals surface area (Å²) in [7, 11) is 0. The quantitative estimate of drug-likeness (QED) is 0.727. The first-order valence-electron chi connectivity index (χ1n) is 6.12. The maximum atomic E-state index is 12.2. The fourth-order valence-electron chi connectivity index (χ4n) is 2.05. The number of carbonyl (C=O) groups is 1. The van der Waals surface area contributed by atoms with Crippen LogP contribution in [0.2, 0.25) is 0 Å². The van der Waals surface area contributed by atoms with Gasteiger partial charge < -0.3 is 4.90 Å². The highest BCUT2D eigenvalue weighted by Gasteiger charge is 2.40. The summed E-state index contributed by atoms with van der Waals surface area (Å²) >= 11 is 0. The highest BCUT2D eigenvalue weighted by molar-refractivity contribution is 6.02. The van der Waals surface area contributed by atoms with Crippen LogP contribution in [0.4, 0.5) is 5.69 Å². The molecule has 17 heavy (non-hydrogen) atoms. The molecule has 0 saturated heterocycles. The average Bonchev–Trinajstić information content (AvgIpc) is 2.96. The monoisotopic (exact) mass is 229 g/mol. The van der Waals surface area contributed by atoms with E-state index in [1.807, 2.05) is 49.1 Å². The predicted molar refractivity (Wildman–Crippen MR) is 70.9 cm³/mol. The number of carbonyl (C=O) groups excluding carboxylic acids is 1. The second-order valence-corrected chi connectivity index (χ2v) is 5.05. The van der Waals surface area contributed by atoms with E-state index in [1.165, 1.54) is 0 Å². The van der Waals surface area contributed by atoms with Crippen LogP contribution in [0.5, 0.6) is 0 Å². The number of rotatable bonds is 3. The lowest BCUT2D eigenvalue weighted by Crippen LogP contribution is -2.32. The zero-order chi connectivity index (χ0) is 12.4. The van der Waals surface area contributed by atoms with Crippen molar-refractivity contribution < 1.29 is 4.79 Å². The van der Waals surface area contributed by atoms with Crippen LogP contribution in [0.1, 0.15) is 27.2 Å². The Morgan fingerprint density at radius 2 is 1.88 bits per heavy atom. The molecule has 0 N–H and O–H groups in total. The lowest BCUT2D eigenvalue weighted by Gasteiger charge is -2.21. The van der Waals surface area contributed by atoms with Gasteiger partial charge in [0.25, 0.3) is 5.91 Å². The van der Waals surface area contributed by atoms with Gasteiger partial charge >= 0.3 is 0 Å². The summed E-state index contributed by atoms with van der Waals surface area (Å²) in [6, 6.07) is 10.3. The van der Waals surface area contributed by atoms with Crippen molar-refractivity contribution in [3.63, 3.8) is 0 Å². The first-order valence-corrected chi connectivity index (χ1v) is 6.12. The van der Waals surface area contributed by atoms with Gasteiger partial charge in [0.15, 0.2) is 0 Å². The number of hydrogen-bond donors (Lipinski definition) is 0. The van der Waals surface area contributed by atoms with Crippen molar-refractivity contribution in [3.05, 3.63) is 42.0 Å². The van der Waals surface area contributed by atoms with Crippen LogP contribution in [0.3, 0.4) is 0 Å². The number of amides is 1.